The molecule has 24 heavy (non-hydrogen) atoms. The Hall–Kier alpha value is -2.23. The molecule has 1 aromatic rings. The predicted octanol–water partition coefficient (Wildman–Crippen LogP) is 2.27. The molecule has 2 atom stereocenters. The molecule has 1 aliphatic rings. The lowest BCUT2D eigenvalue weighted by Gasteiger charge is -2.30. The number of hydrogen-bond donors (Lipinski definition) is 2. The number of nitrogens with zero attached hydrogens (tertiary/aromatic N) is 1. The van der Waals surface area contributed by atoms with Gasteiger partial charge in [-0.15, -0.1) is 0 Å². The van der Waals surface area contributed by atoms with Gasteiger partial charge in [0.25, 0.3) is 12.1 Å². The number of nitrogens with two attached hydrogens (primary N) is 1. The molecule has 1 unspecified atom stereocenters. The molecule has 0 saturated carbocycles. The summed E-state index contributed by atoms with van der Waals surface area (Å²) in [5.41, 5.74) is 4.09. The minimum absolute atomic E-state index is 0.0176. The van der Waals surface area contributed by atoms with Gasteiger partial charge in [-0.05, 0) is 25.1 Å². The Bertz CT molecular complexity index is 677. The van der Waals surface area contributed by atoms with Crippen LogP contribution >= 0.6 is 0 Å². The summed E-state index contributed by atoms with van der Waals surface area (Å²) < 4.78 is 68.8. The molecule has 0 aliphatic carbocycles. The number of aliphatic imine (C=N–C) groups is 1. The van der Waals surface area contributed by atoms with Crippen LogP contribution in [0.1, 0.15) is 12.5 Å². The predicted molar refractivity (Wildman–Crippen MR) is 75.8 cm³/mol. The van der Waals surface area contributed by atoms with E-state index in [1.807, 2.05) is 0 Å². The second-order valence-corrected chi connectivity index (χ2v) is 5.46. The number of alkyl halides is 4. The maximum atomic E-state index is 14.1. The quantitative estimate of drug-likeness (QED) is 0.820. The second kappa shape index (κ2) is 6.34. The van der Waals surface area contributed by atoms with Crippen molar-refractivity contribution < 1.29 is 31.5 Å². The molecule has 10 heteroatoms. The van der Waals surface area contributed by atoms with Crippen LogP contribution in [0.15, 0.2) is 23.2 Å². The van der Waals surface area contributed by atoms with Crippen molar-refractivity contribution in [2.75, 3.05) is 18.5 Å². The lowest BCUT2D eigenvalue weighted by atomic mass is 9.92. The van der Waals surface area contributed by atoms with Gasteiger partial charge in [-0.25, -0.2) is 8.78 Å². The van der Waals surface area contributed by atoms with Crippen molar-refractivity contribution in [1.82, 2.24) is 0 Å². The summed E-state index contributed by atoms with van der Waals surface area (Å²) in [4.78, 5) is 15.4. The summed E-state index contributed by atoms with van der Waals surface area (Å²) in [6.45, 7) is 1.57. The van der Waals surface area contributed by atoms with Gasteiger partial charge < -0.3 is 15.8 Å². The first-order valence-electron chi connectivity index (χ1n) is 6.76. The number of anilines is 1. The highest BCUT2D eigenvalue weighted by molar-refractivity contribution is 5.94. The summed E-state index contributed by atoms with van der Waals surface area (Å²) in [7, 11) is 0. The van der Waals surface area contributed by atoms with Crippen LogP contribution in [-0.4, -0.2) is 37.3 Å². The average molecular weight is 351 g/mol. The number of nitrogens with one attached hydrogen (secondary N) is 1. The maximum absolute atomic E-state index is 14.1. The van der Waals surface area contributed by atoms with Gasteiger partial charge in [0.05, 0.1) is 6.61 Å². The van der Waals surface area contributed by atoms with Crippen LogP contribution in [0.25, 0.3) is 0 Å². The van der Waals surface area contributed by atoms with E-state index in [1.165, 1.54) is 6.92 Å². The molecule has 3 N–H and O–H groups in total. The van der Waals surface area contributed by atoms with E-state index in [4.69, 9.17) is 10.5 Å². The number of rotatable bonds is 3. The van der Waals surface area contributed by atoms with Gasteiger partial charge in [0, 0.05) is 11.3 Å². The second-order valence-electron chi connectivity index (χ2n) is 5.46. The summed E-state index contributed by atoms with van der Waals surface area (Å²) in [6, 6.07) is 3.01. The van der Waals surface area contributed by atoms with Crippen LogP contribution in [-0.2, 0) is 15.1 Å². The summed E-state index contributed by atoms with van der Waals surface area (Å²) in [5, 5.41) is 1.76. The van der Waals surface area contributed by atoms with Crippen LogP contribution in [0.4, 0.5) is 27.6 Å². The number of benzene rings is 1. The fourth-order valence-corrected chi connectivity index (χ4v) is 2.24. The molecule has 2 rings (SSSR count). The van der Waals surface area contributed by atoms with Crippen LogP contribution in [0.5, 0.6) is 0 Å². The topological polar surface area (TPSA) is 76.7 Å². The zero-order chi connectivity index (χ0) is 18.1. The fourth-order valence-electron chi connectivity index (χ4n) is 2.24. The minimum Gasteiger partial charge on any atom is -0.386 e. The van der Waals surface area contributed by atoms with E-state index in [-0.39, 0.29) is 30.3 Å². The molecule has 1 heterocycles. The first kappa shape index (κ1) is 18.1. The minimum atomic E-state index is -5.32. The van der Waals surface area contributed by atoms with E-state index in [0.717, 1.165) is 18.2 Å². The van der Waals surface area contributed by atoms with Crippen molar-refractivity contribution in [2.45, 2.75) is 24.8 Å². The lowest BCUT2D eigenvalue weighted by Crippen LogP contribution is -2.38. The van der Waals surface area contributed by atoms with Crippen molar-refractivity contribution in [2.24, 2.45) is 10.7 Å². The molecule has 0 radical (unpaired) electrons. The summed E-state index contributed by atoms with van der Waals surface area (Å²) in [5.74, 6) is -2.49. The van der Waals surface area contributed by atoms with E-state index in [9.17, 15) is 26.7 Å². The van der Waals surface area contributed by atoms with Crippen molar-refractivity contribution in [3.05, 3.63) is 29.6 Å². The number of amides is 1. The van der Waals surface area contributed by atoms with Gasteiger partial charge in [-0.2, -0.15) is 13.2 Å². The molecule has 0 fully saturated rings. The molecule has 5 nitrogen and oxygen atoms in total. The zero-order valence-electron chi connectivity index (χ0n) is 12.5. The molecule has 1 aliphatic heterocycles. The van der Waals surface area contributed by atoms with E-state index in [0.29, 0.717) is 0 Å². The van der Waals surface area contributed by atoms with Crippen LogP contribution in [0, 0.1) is 5.82 Å². The Morgan fingerprint density at radius 2 is 2.12 bits per heavy atom. The zero-order valence-corrected chi connectivity index (χ0v) is 12.5. The van der Waals surface area contributed by atoms with Gasteiger partial charge in [-0.3, -0.25) is 9.79 Å². The van der Waals surface area contributed by atoms with Gasteiger partial charge in [0.1, 0.15) is 23.8 Å². The third-order valence-electron chi connectivity index (χ3n) is 3.36. The Morgan fingerprint density at radius 3 is 2.71 bits per heavy atom. The summed E-state index contributed by atoms with van der Waals surface area (Å²) >= 11 is 0. The van der Waals surface area contributed by atoms with E-state index < -0.39 is 29.6 Å². The first-order valence-corrected chi connectivity index (χ1v) is 6.76. The third-order valence-corrected chi connectivity index (χ3v) is 3.36. The fraction of sp³-hybridized carbons (Fsp3) is 0.429. The monoisotopic (exact) mass is 351 g/mol. The Labute approximate surface area is 133 Å². The molecule has 1 amide bonds. The number of ether oxygens (including phenoxy) is 1. The number of amidine groups is 1. The standard InChI is InChI=1S/C14H14F5N3O2/c1-13(6-24-5-10(20)22-13)8-4-7(2-3-9(8)15)21-12(23)11(16)14(17,18)19/h2-4,11H,5-6H2,1H3,(H2,20,22)(H,21,23)/t11?,13-/m0/s1. The Balaban J connectivity index is 2.30. The smallest absolute Gasteiger partial charge is 0.386 e. The van der Waals surface area contributed by atoms with E-state index in [2.05, 4.69) is 4.99 Å². The van der Waals surface area contributed by atoms with E-state index >= 15 is 0 Å². The number of carbonyl (C=O) groups is 1. The van der Waals surface area contributed by atoms with Crippen molar-refractivity contribution in [3.8, 4) is 0 Å². The number of halogens is 5. The van der Waals surface area contributed by atoms with Gasteiger partial charge in [-0.1, -0.05) is 0 Å². The SMILES string of the molecule is C[C@@]1(c2cc(NC(=O)C(F)C(F)(F)F)ccc2F)COCC(N)=N1. The molecule has 0 saturated heterocycles. The summed E-state index contributed by atoms with van der Waals surface area (Å²) in [6.07, 6.45) is -9.01. The largest absolute Gasteiger partial charge is 0.428 e. The molecule has 132 valence electrons. The Morgan fingerprint density at radius 1 is 1.46 bits per heavy atom. The van der Waals surface area contributed by atoms with E-state index in [1.54, 1.807) is 5.32 Å². The first-order chi connectivity index (χ1) is 11.0. The lowest BCUT2D eigenvalue weighted by molar-refractivity contribution is -0.183. The normalized spacial score (nSPS) is 22.7. The van der Waals surface area contributed by atoms with Crippen molar-refractivity contribution in [1.29, 1.82) is 0 Å². The van der Waals surface area contributed by atoms with Crippen LogP contribution in [0.3, 0.4) is 0 Å². The van der Waals surface area contributed by atoms with Gasteiger partial charge in [0.15, 0.2) is 0 Å². The maximum Gasteiger partial charge on any atom is 0.428 e. The van der Waals surface area contributed by atoms with Crippen molar-refractivity contribution in [3.63, 3.8) is 0 Å². The van der Waals surface area contributed by atoms with Gasteiger partial charge in [0.2, 0.25) is 0 Å². The highest BCUT2D eigenvalue weighted by Crippen LogP contribution is 2.32. The Kier molecular flexibility index (Phi) is 4.79. The van der Waals surface area contributed by atoms with Gasteiger partial charge >= 0.3 is 6.18 Å². The molecule has 0 spiro atoms. The molecular weight excluding hydrogens is 337 g/mol. The molecule has 0 bridgehead atoms. The third kappa shape index (κ3) is 3.81. The number of carbonyl (C=O) groups excluding carboxylic acids is 1. The average Bonchev–Trinajstić information content (AvgIpc) is 2.47. The highest BCUT2D eigenvalue weighted by Gasteiger charge is 2.45. The van der Waals surface area contributed by atoms with Crippen LogP contribution < -0.4 is 11.1 Å². The molecular formula is C14H14F5N3O2. The van der Waals surface area contributed by atoms with Crippen molar-refractivity contribution >= 4 is 17.4 Å². The molecule has 1 aromatic carbocycles. The highest BCUT2D eigenvalue weighted by atomic mass is 19.4. The number of hydrogen-bond acceptors (Lipinski definition) is 4. The van der Waals surface area contributed by atoms with Crippen LogP contribution in [0.2, 0.25) is 0 Å². The molecule has 0 aromatic heterocycles.